The van der Waals surface area contributed by atoms with Crippen molar-refractivity contribution in [2.45, 2.75) is 12.8 Å². The predicted octanol–water partition coefficient (Wildman–Crippen LogP) is 2.22. The van der Waals surface area contributed by atoms with E-state index in [1.165, 1.54) is 0 Å². The largest absolute Gasteiger partial charge is 0.481 e. The molecule has 0 bridgehead atoms. The fraction of sp³-hybridized carbons (Fsp3) is 0.333. The van der Waals surface area contributed by atoms with Gasteiger partial charge < -0.3 is 5.11 Å². The molecule has 70 valence electrons. The van der Waals surface area contributed by atoms with E-state index in [0.29, 0.717) is 0 Å². The second kappa shape index (κ2) is 4.82. The first-order valence-electron chi connectivity index (χ1n) is 3.98. The molecule has 2 rings (SSSR count). The lowest BCUT2D eigenvalue weighted by Crippen LogP contribution is -1.94. The van der Waals surface area contributed by atoms with E-state index in [4.69, 9.17) is 16.7 Å². The summed E-state index contributed by atoms with van der Waals surface area (Å²) in [5.74, 6) is -0.611. The van der Waals surface area contributed by atoms with Gasteiger partial charge in [0.25, 0.3) is 0 Å². The molecule has 1 aliphatic rings. The van der Waals surface area contributed by atoms with Crippen LogP contribution in [0.25, 0.3) is 0 Å². The fourth-order valence-electron chi connectivity index (χ4n) is 0.664. The Morgan fingerprint density at radius 3 is 2.15 bits per heavy atom. The maximum absolute atomic E-state index is 9.76. The molecule has 1 aromatic rings. The van der Waals surface area contributed by atoms with Crippen molar-refractivity contribution in [3.63, 3.8) is 0 Å². The van der Waals surface area contributed by atoms with Gasteiger partial charge in [0.1, 0.15) is 0 Å². The van der Waals surface area contributed by atoms with Crippen LogP contribution in [0.2, 0.25) is 5.02 Å². The highest BCUT2D eigenvalue weighted by Crippen LogP contribution is 2.28. The maximum Gasteiger partial charge on any atom is 0.306 e. The van der Waals surface area contributed by atoms with Crippen LogP contribution in [0.3, 0.4) is 0 Å². The van der Waals surface area contributed by atoms with Crippen molar-refractivity contribution >= 4 is 17.6 Å². The van der Waals surface area contributed by atoms with Gasteiger partial charge >= 0.3 is 5.97 Å². The van der Waals surface area contributed by atoms with Crippen molar-refractivity contribution in [2.24, 2.45) is 5.92 Å². The van der Waals surface area contributed by atoms with Crippen LogP contribution in [0, 0.1) is 5.92 Å². The fourth-order valence-corrected chi connectivity index (χ4v) is 0.777. The highest BCUT2D eigenvalue weighted by Gasteiger charge is 2.28. The molecule has 0 aliphatic heterocycles. The number of halogens is 1. The van der Waals surface area contributed by atoms with E-state index in [-0.39, 0.29) is 5.92 Å². The Bertz CT molecular complexity index is 272. The molecule has 0 atom stereocenters. The molecule has 1 fully saturated rings. The molecule has 0 amide bonds. The summed E-state index contributed by atoms with van der Waals surface area (Å²) in [7, 11) is 0. The van der Waals surface area contributed by atoms with E-state index < -0.39 is 5.97 Å². The Morgan fingerprint density at radius 1 is 1.46 bits per heavy atom. The number of rotatable bonds is 1. The van der Waals surface area contributed by atoms with Gasteiger partial charge in [0.05, 0.1) is 5.92 Å². The molecule has 1 heterocycles. The predicted molar refractivity (Wildman–Crippen MR) is 49.6 cm³/mol. The van der Waals surface area contributed by atoms with E-state index in [0.717, 1.165) is 17.9 Å². The molecule has 4 heteroatoms. The van der Waals surface area contributed by atoms with Gasteiger partial charge in [-0.25, -0.2) is 0 Å². The van der Waals surface area contributed by atoms with Crippen molar-refractivity contribution < 1.29 is 9.90 Å². The zero-order valence-electron chi connectivity index (χ0n) is 6.98. The average molecular weight is 200 g/mol. The van der Waals surface area contributed by atoms with E-state index in [2.05, 4.69) is 4.98 Å². The molecule has 3 nitrogen and oxygen atoms in total. The molecular weight excluding hydrogens is 190 g/mol. The van der Waals surface area contributed by atoms with Crippen LogP contribution in [0.4, 0.5) is 0 Å². The second-order valence-electron chi connectivity index (χ2n) is 2.78. The van der Waals surface area contributed by atoms with Crippen molar-refractivity contribution in [3.05, 3.63) is 29.5 Å². The molecule has 0 spiro atoms. The summed E-state index contributed by atoms with van der Waals surface area (Å²) in [6, 6.07) is 3.48. The number of carboxylic acids is 1. The zero-order chi connectivity index (χ0) is 9.68. The summed E-state index contributed by atoms with van der Waals surface area (Å²) in [5, 5.41) is 8.78. The Morgan fingerprint density at radius 2 is 2.00 bits per heavy atom. The minimum absolute atomic E-state index is 0.0185. The van der Waals surface area contributed by atoms with Gasteiger partial charge in [-0.3, -0.25) is 9.78 Å². The molecule has 0 saturated heterocycles. The van der Waals surface area contributed by atoms with Gasteiger partial charge in [0.15, 0.2) is 0 Å². The molecule has 13 heavy (non-hydrogen) atoms. The van der Waals surface area contributed by atoms with E-state index in [9.17, 15) is 4.79 Å². The Labute approximate surface area is 81.4 Å². The zero-order valence-corrected chi connectivity index (χ0v) is 7.74. The normalized spacial score (nSPS) is 14.2. The van der Waals surface area contributed by atoms with Gasteiger partial charge in [0.2, 0.25) is 0 Å². The number of hydrogen-bond acceptors (Lipinski definition) is 2. The SMILES string of the molecule is Clc1ccncc1.O=C(O)C1CC1. The number of carbonyl (C=O) groups is 1. The third-order valence-electron chi connectivity index (χ3n) is 1.57. The van der Waals surface area contributed by atoms with E-state index in [1.54, 1.807) is 24.5 Å². The third-order valence-corrected chi connectivity index (χ3v) is 1.82. The first-order valence-corrected chi connectivity index (χ1v) is 4.36. The summed E-state index contributed by atoms with van der Waals surface area (Å²) < 4.78 is 0. The molecule has 1 saturated carbocycles. The summed E-state index contributed by atoms with van der Waals surface area (Å²) in [6.45, 7) is 0. The minimum atomic E-state index is -0.630. The number of aromatic nitrogens is 1. The summed E-state index contributed by atoms with van der Waals surface area (Å²) in [4.78, 5) is 13.5. The van der Waals surface area contributed by atoms with Crippen LogP contribution in [0.1, 0.15) is 12.8 Å². The lowest BCUT2D eigenvalue weighted by atomic mass is 10.5. The molecule has 1 N–H and O–H groups in total. The first kappa shape index (κ1) is 9.99. The first-order chi connectivity index (χ1) is 6.20. The standard InChI is InChI=1S/C5H4ClN.C4H6O2/c6-5-1-3-7-4-2-5;5-4(6)3-1-2-3/h1-4H;3H,1-2H2,(H,5,6). The van der Waals surface area contributed by atoms with Gasteiger partial charge in [-0.05, 0) is 25.0 Å². The van der Waals surface area contributed by atoms with Crippen molar-refractivity contribution in [3.8, 4) is 0 Å². The molecule has 1 aliphatic carbocycles. The number of carboxylic acid groups (broad SMARTS) is 1. The molecule has 0 aromatic carbocycles. The summed E-state index contributed by atoms with van der Waals surface area (Å²) in [5.41, 5.74) is 0. The quantitative estimate of drug-likeness (QED) is 0.755. The number of nitrogens with zero attached hydrogens (tertiary/aromatic N) is 1. The second-order valence-corrected chi connectivity index (χ2v) is 3.21. The van der Waals surface area contributed by atoms with Crippen LogP contribution >= 0.6 is 11.6 Å². The van der Waals surface area contributed by atoms with Gasteiger partial charge in [0, 0.05) is 17.4 Å². The Hall–Kier alpha value is -1.09. The highest BCUT2D eigenvalue weighted by atomic mass is 35.5. The molecule has 1 aromatic heterocycles. The highest BCUT2D eigenvalue weighted by molar-refractivity contribution is 6.30. The van der Waals surface area contributed by atoms with Crippen LogP contribution in [0.5, 0.6) is 0 Å². The number of hydrogen-bond donors (Lipinski definition) is 1. The van der Waals surface area contributed by atoms with E-state index in [1.807, 2.05) is 0 Å². The topological polar surface area (TPSA) is 50.2 Å². The van der Waals surface area contributed by atoms with Gasteiger partial charge in [-0.2, -0.15) is 0 Å². The summed E-state index contributed by atoms with van der Waals surface area (Å²) >= 11 is 5.50. The number of pyridine rings is 1. The van der Waals surface area contributed by atoms with Crippen molar-refractivity contribution in [1.82, 2.24) is 4.98 Å². The van der Waals surface area contributed by atoms with Crippen LogP contribution in [-0.4, -0.2) is 16.1 Å². The minimum Gasteiger partial charge on any atom is -0.481 e. The van der Waals surface area contributed by atoms with Crippen molar-refractivity contribution in [2.75, 3.05) is 0 Å². The van der Waals surface area contributed by atoms with Gasteiger partial charge in [-0.1, -0.05) is 11.6 Å². The number of aliphatic carboxylic acids is 1. The van der Waals surface area contributed by atoms with Gasteiger partial charge in [-0.15, -0.1) is 0 Å². The van der Waals surface area contributed by atoms with Crippen LogP contribution in [-0.2, 0) is 4.79 Å². The monoisotopic (exact) mass is 199 g/mol. The van der Waals surface area contributed by atoms with Crippen LogP contribution < -0.4 is 0 Å². The molecular formula is C9H10ClNO2. The maximum atomic E-state index is 9.76. The smallest absolute Gasteiger partial charge is 0.306 e. The van der Waals surface area contributed by atoms with E-state index >= 15 is 0 Å². The summed E-state index contributed by atoms with van der Waals surface area (Å²) in [6.07, 6.45) is 5.11. The lowest BCUT2D eigenvalue weighted by Gasteiger charge is -1.79. The molecule has 0 radical (unpaired) electrons. The Balaban J connectivity index is 0.000000132. The molecule has 0 unspecified atom stereocenters. The lowest BCUT2D eigenvalue weighted by molar-refractivity contribution is -0.138. The van der Waals surface area contributed by atoms with Crippen LogP contribution in [0.15, 0.2) is 24.5 Å². The Kier molecular flexibility index (Phi) is 3.71. The van der Waals surface area contributed by atoms with Crippen molar-refractivity contribution in [1.29, 1.82) is 0 Å². The average Bonchev–Trinajstić information content (AvgIpc) is 2.88. The third kappa shape index (κ3) is 4.48.